The Kier molecular flexibility index (Phi) is 4.69. The van der Waals surface area contributed by atoms with Crippen LogP contribution in [0.15, 0.2) is 28.8 Å². The zero-order valence-electron chi connectivity index (χ0n) is 14.1. The molecule has 1 fully saturated rings. The van der Waals surface area contributed by atoms with Crippen LogP contribution in [0.1, 0.15) is 33.8 Å². The number of hydrazine groups is 1. The van der Waals surface area contributed by atoms with Crippen molar-refractivity contribution in [3.63, 3.8) is 0 Å². The van der Waals surface area contributed by atoms with Crippen molar-refractivity contribution in [2.24, 2.45) is 0 Å². The molecule has 1 aromatic carbocycles. The highest BCUT2D eigenvalue weighted by Gasteiger charge is 2.33. The molecule has 1 aliphatic rings. The maximum atomic E-state index is 12.9. The third-order valence-corrected chi connectivity index (χ3v) is 4.10. The molecule has 0 unspecified atom stereocenters. The maximum absolute atomic E-state index is 12.9. The van der Waals surface area contributed by atoms with E-state index in [0.29, 0.717) is 36.5 Å². The molecule has 1 aliphatic heterocycles. The highest BCUT2D eigenvalue weighted by molar-refractivity contribution is 5.97. The summed E-state index contributed by atoms with van der Waals surface area (Å²) in [4.78, 5) is 25.2. The van der Waals surface area contributed by atoms with E-state index in [-0.39, 0.29) is 24.3 Å². The average molecular weight is 346 g/mol. The van der Waals surface area contributed by atoms with Gasteiger partial charge in [0.15, 0.2) is 0 Å². The quantitative estimate of drug-likeness (QED) is 0.926. The Morgan fingerprint density at radius 1 is 1.20 bits per heavy atom. The summed E-state index contributed by atoms with van der Waals surface area (Å²) in [5, 5.41) is 9.34. The van der Waals surface area contributed by atoms with E-state index in [1.165, 1.54) is 22.2 Å². The number of nitrogens with one attached hydrogen (secondary N) is 1. The van der Waals surface area contributed by atoms with E-state index in [9.17, 15) is 14.0 Å². The first kappa shape index (κ1) is 16.9. The van der Waals surface area contributed by atoms with E-state index in [0.717, 1.165) is 5.56 Å². The fourth-order valence-corrected chi connectivity index (χ4v) is 2.82. The van der Waals surface area contributed by atoms with Crippen LogP contribution in [-0.2, 0) is 6.54 Å². The van der Waals surface area contributed by atoms with Gasteiger partial charge in [0.2, 0.25) is 0 Å². The van der Waals surface area contributed by atoms with Crippen LogP contribution < -0.4 is 5.32 Å². The Morgan fingerprint density at radius 3 is 2.52 bits per heavy atom. The first-order valence-electron chi connectivity index (χ1n) is 8.02. The molecule has 25 heavy (non-hydrogen) atoms. The number of halogens is 1. The SMILES string of the molecule is Cc1noc(C)c1C(=O)N1CCCN1C(=O)NCc1ccc(F)cc1. The second-order valence-electron chi connectivity index (χ2n) is 5.89. The molecule has 7 nitrogen and oxygen atoms in total. The van der Waals surface area contributed by atoms with Gasteiger partial charge in [-0.15, -0.1) is 0 Å². The number of amides is 3. The predicted molar refractivity (Wildman–Crippen MR) is 87.0 cm³/mol. The summed E-state index contributed by atoms with van der Waals surface area (Å²) in [5.74, 6) is -0.197. The molecule has 1 N–H and O–H groups in total. The van der Waals surface area contributed by atoms with Gasteiger partial charge >= 0.3 is 6.03 Å². The van der Waals surface area contributed by atoms with Crippen LogP contribution in [0, 0.1) is 19.7 Å². The normalized spacial score (nSPS) is 14.0. The monoisotopic (exact) mass is 346 g/mol. The lowest BCUT2D eigenvalue weighted by Crippen LogP contribution is -2.49. The topological polar surface area (TPSA) is 78.7 Å². The van der Waals surface area contributed by atoms with E-state index < -0.39 is 0 Å². The molecular weight excluding hydrogens is 327 g/mol. The second-order valence-corrected chi connectivity index (χ2v) is 5.89. The number of benzene rings is 1. The number of rotatable bonds is 3. The summed E-state index contributed by atoms with van der Waals surface area (Å²) >= 11 is 0. The van der Waals surface area contributed by atoms with Gasteiger partial charge in [-0.1, -0.05) is 17.3 Å². The molecule has 0 bridgehead atoms. The van der Waals surface area contributed by atoms with Crippen molar-refractivity contribution < 1.29 is 18.5 Å². The molecule has 2 aromatic rings. The Labute approximate surface area is 144 Å². The molecule has 3 amide bonds. The highest BCUT2D eigenvalue weighted by atomic mass is 19.1. The Balaban J connectivity index is 1.67. The first-order chi connectivity index (χ1) is 12.0. The minimum absolute atomic E-state index is 0.253. The lowest BCUT2D eigenvalue weighted by atomic mass is 10.2. The zero-order valence-corrected chi connectivity index (χ0v) is 14.1. The van der Waals surface area contributed by atoms with Gasteiger partial charge in [-0.3, -0.25) is 4.79 Å². The number of carbonyl (C=O) groups is 2. The summed E-state index contributed by atoms with van der Waals surface area (Å²) in [7, 11) is 0. The van der Waals surface area contributed by atoms with Gasteiger partial charge in [0.05, 0.1) is 5.69 Å². The Morgan fingerprint density at radius 2 is 1.88 bits per heavy atom. The molecule has 1 saturated heterocycles. The van der Waals surface area contributed by atoms with Crippen molar-refractivity contribution in [1.82, 2.24) is 20.5 Å². The molecule has 1 aromatic heterocycles. The van der Waals surface area contributed by atoms with Gasteiger partial charge in [-0.05, 0) is 38.0 Å². The Bertz CT molecular complexity index is 768. The molecule has 0 saturated carbocycles. The smallest absolute Gasteiger partial charge is 0.336 e. The van der Waals surface area contributed by atoms with Crippen molar-refractivity contribution in [2.75, 3.05) is 13.1 Å². The largest absolute Gasteiger partial charge is 0.361 e. The lowest BCUT2D eigenvalue weighted by Gasteiger charge is -2.27. The van der Waals surface area contributed by atoms with E-state index >= 15 is 0 Å². The van der Waals surface area contributed by atoms with Crippen molar-refractivity contribution in [1.29, 1.82) is 0 Å². The number of nitrogens with zero attached hydrogens (tertiary/aromatic N) is 3. The van der Waals surface area contributed by atoms with E-state index in [1.807, 2.05) is 0 Å². The van der Waals surface area contributed by atoms with E-state index in [1.54, 1.807) is 26.0 Å². The van der Waals surface area contributed by atoms with Gasteiger partial charge in [-0.2, -0.15) is 0 Å². The Hall–Kier alpha value is -2.90. The number of carbonyl (C=O) groups excluding carboxylic acids is 2. The van der Waals surface area contributed by atoms with Crippen LogP contribution in [0.3, 0.4) is 0 Å². The van der Waals surface area contributed by atoms with Crippen LogP contribution in [0.25, 0.3) is 0 Å². The number of hydrogen-bond acceptors (Lipinski definition) is 4. The molecule has 132 valence electrons. The van der Waals surface area contributed by atoms with Gasteiger partial charge < -0.3 is 9.84 Å². The summed E-state index contributed by atoms with van der Waals surface area (Å²) in [5.41, 5.74) is 1.66. The van der Waals surface area contributed by atoms with Crippen molar-refractivity contribution in [3.8, 4) is 0 Å². The summed E-state index contributed by atoms with van der Waals surface area (Å²) < 4.78 is 18.0. The standard InChI is InChI=1S/C17H19FN4O3/c1-11-15(12(2)25-20-11)16(23)21-8-3-9-22(21)17(24)19-10-13-4-6-14(18)7-5-13/h4-7H,3,8-10H2,1-2H3,(H,19,24). The molecule has 0 atom stereocenters. The average Bonchev–Trinajstić information content (AvgIpc) is 3.21. The first-order valence-corrected chi connectivity index (χ1v) is 8.02. The van der Waals surface area contributed by atoms with Gasteiger partial charge in [0, 0.05) is 19.6 Å². The molecule has 0 aliphatic carbocycles. The molecule has 2 heterocycles. The van der Waals surface area contributed by atoms with Gasteiger partial charge in [0.1, 0.15) is 17.1 Å². The van der Waals surface area contributed by atoms with Crippen LogP contribution in [0.4, 0.5) is 9.18 Å². The van der Waals surface area contributed by atoms with Gasteiger partial charge in [0.25, 0.3) is 5.91 Å². The number of urea groups is 1. The molecule has 0 radical (unpaired) electrons. The third-order valence-electron chi connectivity index (χ3n) is 4.10. The molecule has 8 heteroatoms. The molecular formula is C17H19FN4O3. The second kappa shape index (κ2) is 6.92. The van der Waals surface area contributed by atoms with Crippen molar-refractivity contribution in [2.45, 2.75) is 26.8 Å². The number of aryl methyl sites for hydroxylation is 2. The maximum Gasteiger partial charge on any atom is 0.336 e. The van der Waals surface area contributed by atoms with E-state index in [2.05, 4.69) is 10.5 Å². The van der Waals surface area contributed by atoms with Crippen LogP contribution in [-0.4, -0.2) is 40.2 Å². The lowest BCUT2D eigenvalue weighted by molar-refractivity contribution is 0.0373. The fraction of sp³-hybridized carbons (Fsp3) is 0.353. The fourth-order valence-electron chi connectivity index (χ4n) is 2.82. The van der Waals surface area contributed by atoms with E-state index in [4.69, 9.17) is 4.52 Å². The number of hydrogen-bond donors (Lipinski definition) is 1. The van der Waals surface area contributed by atoms with Crippen LogP contribution >= 0.6 is 0 Å². The van der Waals surface area contributed by atoms with Crippen LogP contribution in [0.2, 0.25) is 0 Å². The van der Waals surface area contributed by atoms with Gasteiger partial charge in [-0.25, -0.2) is 19.2 Å². The summed E-state index contributed by atoms with van der Waals surface area (Å²) in [6.45, 7) is 4.52. The van der Waals surface area contributed by atoms with Crippen molar-refractivity contribution >= 4 is 11.9 Å². The van der Waals surface area contributed by atoms with Crippen LogP contribution in [0.5, 0.6) is 0 Å². The minimum atomic E-state index is -0.373. The third kappa shape index (κ3) is 3.47. The predicted octanol–water partition coefficient (Wildman–Crippen LogP) is 2.40. The number of aromatic nitrogens is 1. The minimum Gasteiger partial charge on any atom is -0.361 e. The summed E-state index contributed by atoms with van der Waals surface area (Å²) in [6, 6.07) is 5.51. The molecule has 0 spiro atoms. The van der Waals surface area contributed by atoms with Crippen molar-refractivity contribution in [3.05, 3.63) is 52.7 Å². The highest BCUT2D eigenvalue weighted by Crippen LogP contribution is 2.20. The molecule has 3 rings (SSSR count). The zero-order chi connectivity index (χ0) is 18.0. The summed E-state index contributed by atoms with van der Waals surface area (Å²) in [6.07, 6.45) is 0.694.